The lowest BCUT2D eigenvalue weighted by molar-refractivity contribution is 0.0459. The van der Waals surface area contributed by atoms with Crippen LogP contribution in [0.3, 0.4) is 0 Å². The van der Waals surface area contributed by atoms with Crippen LogP contribution in [0.25, 0.3) is 0 Å². The molecule has 1 rings (SSSR count). The summed E-state index contributed by atoms with van der Waals surface area (Å²) in [7, 11) is 0. The Kier molecular flexibility index (Phi) is 14.4. The van der Waals surface area contributed by atoms with Gasteiger partial charge < -0.3 is 4.74 Å². The minimum Gasteiger partial charge on any atom is -0.374 e. The summed E-state index contributed by atoms with van der Waals surface area (Å²) < 4.78 is 5.93. The SMILES string of the molecule is CCCC/C=C\CCCCCCCCC[C@@H](C)OCc1ccccc1. The van der Waals surface area contributed by atoms with E-state index in [9.17, 15) is 0 Å². The molecule has 0 amide bonds. The first-order chi connectivity index (χ1) is 12.3. The van der Waals surface area contributed by atoms with Crippen LogP contribution in [0.15, 0.2) is 42.5 Å². The van der Waals surface area contributed by atoms with E-state index < -0.39 is 0 Å². The second-order valence-electron chi connectivity index (χ2n) is 7.27. The van der Waals surface area contributed by atoms with E-state index in [1.54, 1.807) is 0 Å². The van der Waals surface area contributed by atoms with Crippen molar-refractivity contribution in [3.05, 3.63) is 48.0 Å². The van der Waals surface area contributed by atoms with Gasteiger partial charge in [0, 0.05) is 0 Å². The van der Waals surface area contributed by atoms with Gasteiger partial charge in [0.25, 0.3) is 0 Å². The zero-order valence-electron chi connectivity index (χ0n) is 16.7. The maximum atomic E-state index is 5.93. The number of benzene rings is 1. The Labute approximate surface area is 156 Å². The van der Waals surface area contributed by atoms with Gasteiger partial charge in [-0.1, -0.05) is 101 Å². The summed E-state index contributed by atoms with van der Waals surface area (Å²) in [4.78, 5) is 0. The fourth-order valence-electron chi connectivity index (χ4n) is 3.03. The van der Waals surface area contributed by atoms with Crippen LogP contribution in [0.5, 0.6) is 0 Å². The molecule has 0 N–H and O–H groups in total. The average molecular weight is 345 g/mol. The van der Waals surface area contributed by atoms with Crippen LogP contribution >= 0.6 is 0 Å². The molecule has 0 heterocycles. The van der Waals surface area contributed by atoms with Gasteiger partial charge in [-0.15, -0.1) is 0 Å². The van der Waals surface area contributed by atoms with Crippen molar-refractivity contribution in [2.75, 3.05) is 0 Å². The molecule has 0 radical (unpaired) electrons. The Bertz CT molecular complexity index is 409. The Morgan fingerprint density at radius 3 is 2.08 bits per heavy atom. The lowest BCUT2D eigenvalue weighted by Crippen LogP contribution is -2.07. The Balaban J connectivity index is 1.83. The van der Waals surface area contributed by atoms with E-state index >= 15 is 0 Å². The summed E-state index contributed by atoms with van der Waals surface area (Å²) in [5.41, 5.74) is 1.27. The maximum Gasteiger partial charge on any atom is 0.0720 e. The minimum absolute atomic E-state index is 0.375. The third kappa shape index (κ3) is 13.8. The third-order valence-corrected chi connectivity index (χ3v) is 4.75. The highest BCUT2D eigenvalue weighted by Gasteiger charge is 2.02. The monoisotopic (exact) mass is 344 g/mol. The number of rotatable bonds is 16. The van der Waals surface area contributed by atoms with Crippen molar-refractivity contribution < 1.29 is 4.74 Å². The maximum absolute atomic E-state index is 5.93. The van der Waals surface area contributed by atoms with Gasteiger partial charge in [0.15, 0.2) is 0 Å². The first kappa shape index (κ1) is 22.0. The van der Waals surface area contributed by atoms with Crippen LogP contribution in [0.4, 0.5) is 0 Å². The van der Waals surface area contributed by atoms with Crippen molar-refractivity contribution in [1.29, 1.82) is 0 Å². The highest BCUT2D eigenvalue weighted by molar-refractivity contribution is 5.13. The molecule has 0 aromatic heterocycles. The van der Waals surface area contributed by atoms with Crippen molar-refractivity contribution in [3.8, 4) is 0 Å². The molecule has 0 saturated heterocycles. The second-order valence-corrected chi connectivity index (χ2v) is 7.27. The average Bonchev–Trinajstić information content (AvgIpc) is 2.64. The first-order valence-corrected chi connectivity index (χ1v) is 10.6. The van der Waals surface area contributed by atoms with Gasteiger partial charge in [0.2, 0.25) is 0 Å². The summed E-state index contributed by atoms with van der Waals surface area (Å²) >= 11 is 0. The zero-order valence-corrected chi connectivity index (χ0v) is 16.7. The fourth-order valence-corrected chi connectivity index (χ4v) is 3.03. The largest absolute Gasteiger partial charge is 0.374 e. The molecule has 0 aliphatic heterocycles. The Morgan fingerprint density at radius 1 is 0.800 bits per heavy atom. The summed E-state index contributed by atoms with van der Waals surface area (Å²) in [6.07, 6.45) is 21.1. The lowest BCUT2D eigenvalue weighted by Gasteiger charge is -2.13. The van der Waals surface area contributed by atoms with Gasteiger partial charge in [0.1, 0.15) is 0 Å². The molecule has 1 nitrogen and oxygen atoms in total. The molecular formula is C24H40O. The molecule has 0 spiro atoms. The number of unbranched alkanes of at least 4 members (excludes halogenated alkanes) is 9. The number of allylic oxidation sites excluding steroid dienone is 2. The van der Waals surface area contributed by atoms with Crippen molar-refractivity contribution in [1.82, 2.24) is 0 Å². The summed E-state index contributed by atoms with van der Waals surface area (Å²) in [6.45, 7) is 5.21. The molecule has 25 heavy (non-hydrogen) atoms. The van der Waals surface area contributed by atoms with E-state index in [1.165, 1.54) is 82.6 Å². The van der Waals surface area contributed by atoms with E-state index in [-0.39, 0.29) is 0 Å². The Hall–Kier alpha value is -1.08. The van der Waals surface area contributed by atoms with Crippen molar-refractivity contribution >= 4 is 0 Å². The summed E-state index contributed by atoms with van der Waals surface area (Å²) in [6, 6.07) is 10.5. The molecule has 0 fully saturated rings. The van der Waals surface area contributed by atoms with Gasteiger partial charge in [0.05, 0.1) is 12.7 Å². The smallest absolute Gasteiger partial charge is 0.0720 e. The van der Waals surface area contributed by atoms with E-state index in [0.717, 1.165) is 6.61 Å². The van der Waals surface area contributed by atoms with Gasteiger partial charge in [-0.25, -0.2) is 0 Å². The van der Waals surface area contributed by atoms with E-state index in [1.807, 2.05) is 0 Å². The molecule has 0 saturated carbocycles. The molecule has 0 aliphatic rings. The van der Waals surface area contributed by atoms with Crippen LogP contribution < -0.4 is 0 Å². The molecular weight excluding hydrogens is 304 g/mol. The lowest BCUT2D eigenvalue weighted by atomic mass is 10.1. The van der Waals surface area contributed by atoms with Crippen LogP contribution in [-0.2, 0) is 11.3 Å². The van der Waals surface area contributed by atoms with Crippen LogP contribution in [0, 0.1) is 0 Å². The van der Waals surface area contributed by atoms with Gasteiger partial charge in [-0.05, 0) is 38.2 Å². The third-order valence-electron chi connectivity index (χ3n) is 4.75. The quantitative estimate of drug-likeness (QED) is 0.219. The van der Waals surface area contributed by atoms with Crippen molar-refractivity contribution in [3.63, 3.8) is 0 Å². The number of hydrogen-bond acceptors (Lipinski definition) is 1. The molecule has 0 unspecified atom stereocenters. The van der Waals surface area contributed by atoms with E-state index in [0.29, 0.717) is 6.10 Å². The second kappa shape index (κ2) is 16.4. The van der Waals surface area contributed by atoms with Crippen LogP contribution in [0.2, 0.25) is 0 Å². The van der Waals surface area contributed by atoms with Crippen molar-refractivity contribution in [2.45, 2.75) is 104 Å². The van der Waals surface area contributed by atoms with Gasteiger partial charge in [-0.3, -0.25) is 0 Å². The number of hydrogen-bond donors (Lipinski definition) is 0. The normalized spacial score (nSPS) is 12.7. The molecule has 0 aliphatic carbocycles. The molecule has 1 atom stereocenters. The Morgan fingerprint density at radius 2 is 1.40 bits per heavy atom. The predicted molar refractivity (Wildman–Crippen MR) is 111 cm³/mol. The van der Waals surface area contributed by atoms with Gasteiger partial charge >= 0.3 is 0 Å². The molecule has 1 aromatic rings. The van der Waals surface area contributed by atoms with Gasteiger partial charge in [-0.2, -0.15) is 0 Å². The molecule has 142 valence electrons. The zero-order chi connectivity index (χ0) is 18.0. The van der Waals surface area contributed by atoms with Crippen LogP contribution in [0.1, 0.15) is 96.5 Å². The van der Waals surface area contributed by atoms with Crippen molar-refractivity contribution in [2.24, 2.45) is 0 Å². The topological polar surface area (TPSA) is 9.23 Å². The highest BCUT2D eigenvalue weighted by atomic mass is 16.5. The predicted octanol–water partition coefficient (Wildman–Crippen LogP) is 7.85. The minimum atomic E-state index is 0.375. The van der Waals surface area contributed by atoms with E-state index in [4.69, 9.17) is 4.74 Å². The summed E-state index contributed by atoms with van der Waals surface area (Å²) in [5.74, 6) is 0. The highest BCUT2D eigenvalue weighted by Crippen LogP contribution is 2.13. The van der Waals surface area contributed by atoms with Crippen LogP contribution in [-0.4, -0.2) is 6.10 Å². The standard InChI is InChI=1S/C24H40O/c1-3-4-5-6-7-8-9-10-11-12-13-14-16-19-23(2)25-22-24-20-17-15-18-21-24/h6-7,15,17-18,20-21,23H,3-5,8-14,16,19,22H2,1-2H3/b7-6-/t23-/m1/s1. The molecule has 1 heteroatoms. The van der Waals surface area contributed by atoms with E-state index in [2.05, 4.69) is 56.3 Å². The summed E-state index contributed by atoms with van der Waals surface area (Å²) in [5, 5.41) is 0. The fraction of sp³-hybridized carbons (Fsp3) is 0.667. The molecule has 0 bridgehead atoms. The molecule has 1 aromatic carbocycles. The first-order valence-electron chi connectivity index (χ1n) is 10.6. The number of ether oxygens (including phenoxy) is 1.